The molecule has 166 valence electrons. The van der Waals surface area contributed by atoms with E-state index in [1.807, 2.05) is 7.05 Å². The van der Waals surface area contributed by atoms with E-state index in [2.05, 4.69) is 22.4 Å². The predicted octanol–water partition coefficient (Wildman–Crippen LogP) is 3.28. The molecule has 1 amide bonds. The van der Waals surface area contributed by atoms with Crippen molar-refractivity contribution in [3.05, 3.63) is 59.0 Å². The first-order valence-corrected chi connectivity index (χ1v) is 10.8. The summed E-state index contributed by atoms with van der Waals surface area (Å²) in [6.45, 7) is 1.97. The van der Waals surface area contributed by atoms with Gasteiger partial charge < -0.3 is 14.7 Å². The Bertz CT molecular complexity index is 1150. The predicted molar refractivity (Wildman–Crippen MR) is 117 cm³/mol. The standard InChI is InChI=1S/C23H25FN6O2/c1-25-21-16-9-11-30(13-18(16)26-22(27-21)19-4-3-10-29(19)2)23(31)20-12-17(28-32-20)14-5-7-15(24)8-6-14/h5-8,12,19H,3-4,9-11,13H2,1-2H3,(H,25,26,27). The van der Waals surface area contributed by atoms with Crippen LogP contribution in [0.15, 0.2) is 34.9 Å². The highest BCUT2D eigenvalue weighted by Gasteiger charge is 2.31. The number of hydrogen-bond donors (Lipinski definition) is 1. The van der Waals surface area contributed by atoms with Crippen LogP contribution < -0.4 is 5.32 Å². The number of amides is 1. The Morgan fingerprint density at radius 1 is 1.22 bits per heavy atom. The average Bonchev–Trinajstić information content (AvgIpc) is 3.47. The summed E-state index contributed by atoms with van der Waals surface area (Å²) < 4.78 is 18.5. The highest BCUT2D eigenvalue weighted by Crippen LogP contribution is 2.32. The molecule has 1 unspecified atom stereocenters. The van der Waals surface area contributed by atoms with Gasteiger partial charge in [0.1, 0.15) is 23.2 Å². The Hall–Kier alpha value is -3.33. The molecule has 2 aromatic heterocycles. The lowest BCUT2D eigenvalue weighted by molar-refractivity contribution is 0.0689. The number of halogens is 1. The Labute approximate surface area is 185 Å². The first kappa shape index (κ1) is 20.6. The minimum Gasteiger partial charge on any atom is -0.373 e. The van der Waals surface area contributed by atoms with Gasteiger partial charge in [0, 0.05) is 30.8 Å². The molecular weight excluding hydrogens is 411 g/mol. The monoisotopic (exact) mass is 436 g/mol. The van der Waals surface area contributed by atoms with Crippen LogP contribution in [0.1, 0.15) is 46.5 Å². The van der Waals surface area contributed by atoms with Crippen molar-refractivity contribution in [1.82, 2.24) is 24.9 Å². The zero-order chi connectivity index (χ0) is 22.2. The van der Waals surface area contributed by atoms with E-state index >= 15 is 0 Å². The third kappa shape index (κ3) is 3.73. The molecule has 0 spiro atoms. The SMILES string of the molecule is CNc1nc(C2CCCN2C)nc2c1CCN(C(=O)c1cc(-c3ccc(F)cc3)no1)C2. The van der Waals surface area contributed by atoms with Crippen LogP contribution in [0.25, 0.3) is 11.3 Å². The fourth-order valence-electron chi connectivity index (χ4n) is 4.50. The van der Waals surface area contributed by atoms with Crippen LogP contribution in [0, 0.1) is 5.82 Å². The summed E-state index contributed by atoms with van der Waals surface area (Å²) in [5.41, 5.74) is 3.12. The minimum absolute atomic E-state index is 0.159. The molecule has 1 saturated heterocycles. The van der Waals surface area contributed by atoms with Crippen LogP contribution >= 0.6 is 0 Å². The summed E-state index contributed by atoms with van der Waals surface area (Å²) in [6, 6.07) is 7.72. The van der Waals surface area contributed by atoms with Crippen molar-refractivity contribution in [2.24, 2.45) is 0 Å². The molecule has 2 aliphatic rings. The summed E-state index contributed by atoms with van der Waals surface area (Å²) in [5, 5.41) is 7.20. The number of carbonyl (C=O) groups is 1. The van der Waals surface area contributed by atoms with E-state index in [4.69, 9.17) is 14.5 Å². The normalized spacial score (nSPS) is 18.6. The van der Waals surface area contributed by atoms with E-state index in [0.717, 1.165) is 42.3 Å². The molecule has 9 heteroatoms. The van der Waals surface area contributed by atoms with Crippen molar-refractivity contribution in [3.63, 3.8) is 0 Å². The molecule has 3 aromatic rings. The topological polar surface area (TPSA) is 87.4 Å². The maximum absolute atomic E-state index is 13.2. The molecule has 1 aromatic carbocycles. The minimum atomic E-state index is -0.327. The van der Waals surface area contributed by atoms with Crippen LogP contribution in [0.3, 0.4) is 0 Å². The smallest absolute Gasteiger partial charge is 0.292 e. The van der Waals surface area contributed by atoms with Gasteiger partial charge >= 0.3 is 0 Å². The molecule has 1 fully saturated rings. The maximum Gasteiger partial charge on any atom is 0.292 e. The fourth-order valence-corrected chi connectivity index (χ4v) is 4.50. The third-order valence-electron chi connectivity index (χ3n) is 6.29. The molecular formula is C23H25FN6O2. The van der Waals surface area contributed by atoms with Gasteiger partial charge in [0.2, 0.25) is 5.76 Å². The second-order valence-corrected chi connectivity index (χ2v) is 8.30. The van der Waals surface area contributed by atoms with Gasteiger partial charge in [0.05, 0.1) is 18.3 Å². The van der Waals surface area contributed by atoms with Crippen LogP contribution in [0.2, 0.25) is 0 Å². The number of nitrogens with one attached hydrogen (secondary N) is 1. The molecule has 0 saturated carbocycles. The Kier molecular flexibility index (Phi) is 5.34. The summed E-state index contributed by atoms with van der Waals surface area (Å²) in [5.74, 6) is 1.25. The Morgan fingerprint density at radius 3 is 2.75 bits per heavy atom. The quantitative estimate of drug-likeness (QED) is 0.672. The largest absolute Gasteiger partial charge is 0.373 e. The van der Waals surface area contributed by atoms with Crippen molar-refractivity contribution in [1.29, 1.82) is 0 Å². The first-order valence-electron chi connectivity index (χ1n) is 10.8. The van der Waals surface area contributed by atoms with E-state index in [0.29, 0.717) is 30.8 Å². The molecule has 0 aliphatic carbocycles. The molecule has 2 aliphatic heterocycles. The van der Waals surface area contributed by atoms with E-state index in [9.17, 15) is 9.18 Å². The molecule has 8 nitrogen and oxygen atoms in total. The Morgan fingerprint density at radius 2 is 2.03 bits per heavy atom. The number of rotatable bonds is 4. The number of anilines is 1. The van der Waals surface area contributed by atoms with E-state index < -0.39 is 0 Å². The number of carbonyl (C=O) groups excluding carboxylic acids is 1. The van der Waals surface area contributed by atoms with Crippen LogP contribution in [0.5, 0.6) is 0 Å². The second kappa shape index (κ2) is 8.31. The van der Waals surface area contributed by atoms with Crippen molar-refractivity contribution in [2.45, 2.75) is 31.8 Å². The molecule has 5 rings (SSSR count). The lowest BCUT2D eigenvalue weighted by Crippen LogP contribution is -2.37. The van der Waals surface area contributed by atoms with Crippen molar-refractivity contribution in [3.8, 4) is 11.3 Å². The summed E-state index contributed by atoms with van der Waals surface area (Å²) in [7, 11) is 3.96. The molecule has 1 atom stereocenters. The van der Waals surface area contributed by atoms with E-state index in [-0.39, 0.29) is 23.5 Å². The zero-order valence-electron chi connectivity index (χ0n) is 18.1. The van der Waals surface area contributed by atoms with Gasteiger partial charge in [-0.15, -0.1) is 0 Å². The second-order valence-electron chi connectivity index (χ2n) is 8.30. The first-order chi connectivity index (χ1) is 15.5. The Balaban J connectivity index is 1.39. The van der Waals surface area contributed by atoms with Gasteiger partial charge in [-0.3, -0.25) is 9.69 Å². The van der Waals surface area contributed by atoms with Gasteiger partial charge in [-0.25, -0.2) is 14.4 Å². The van der Waals surface area contributed by atoms with Gasteiger partial charge in [-0.1, -0.05) is 5.16 Å². The fraction of sp³-hybridized carbons (Fsp3) is 0.391. The molecule has 0 radical (unpaired) electrons. The lowest BCUT2D eigenvalue weighted by Gasteiger charge is -2.29. The van der Waals surface area contributed by atoms with Gasteiger partial charge in [-0.2, -0.15) is 0 Å². The molecule has 1 N–H and O–H groups in total. The average molecular weight is 436 g/mol. The number of fused-ring (bicyclic) bond motifs is 1. The number of nitrogens with zero attached hydrogens (tertiary/aromatic N) is 5. The van der Waals surface area contributed by atoms with E-state index in [1.165, 1.54) is 12.1 Å². The van der Waals surface area contributed by atoms with Crippen molar-refractivity contribution in [2.75, 3.05) is 32.5 Å². The third-order valence-corrected chi connectivity index (χ3v) is 6.29. The number of hydrogen-bond acceptors (Lipinski definition) is 7. The van der Waals surface area contributed by atoms with Gasteiger partial charge in [-0.05, 0) is 57.1 Å². The van der Waals surface area contributed by atoms with Crippen LogP contribution in [-0.2, 0) is 13.0 Å². The van der Waals surface area contributed by atoms with Gasteiger partial charge in [0.15, 0.2) is 0 Å². The van der Waals surface area contributed by atoms with E-state index in [1.54, 1.807) is 23.1 Å². The highest BCUT2D eigenvalue weighted by atomic mass is 19.1. The number of aromatic nitrogens is 3. The molecule has 0 bridgehead atoms. The van der Waals surface area contributed by atoms with Crippen molar-refractivity contribution < 1.29 is 13.7 Å². The van der Waals surface area contributed by atoms with Crippen LogP contribution in [0.4, 0.5) is 10.2 Å². The molecule has 32 heavy (non-hydrogen) atoms. The summed E-state index contributed by atoms with van der Waals surface area (Å²) in [6.07, 6.45) is 2.82. The van der Waals surface area contributed by atoms with Crippen molar-refractivity contribution >= 4 is 11.7 Å². The molecule has 4 heterocycles. The van der Waals surface area contributed by atoms with Crippen LogP contribution in [-0.4, -0.2) is 58.0 Å². The van der Waals surface area contributed by atoms with Gasteiger partial charge in [0.25, 0.3) is 5.91 Å². The summed E-state index contributed by atoms with van der Waals surface area (Å²) >= 11 is 0. The zero-order valence-corrected chi connectivity index (χ0v) is 18.1. The number of likely N-dealkylation sites (tertiary alicyclic amines) is 1. The lowest BCUT2D eigenvalue weighted by atomic mass is 10.0. The highest BCUT2D eigenvalue weighted by molar-refractivity contribution is 5.92. The maximum atomic E-state index is 13.2. The summed E-state index contributed by atoms with van der Waals surface area (Å²) in [4.78, 5) is 26.8. The number of benzene rings is 1.